The lowest BCUT2D eigenvalue weighted by atomic mass is 10.1. The maximum atomic E-state index is 13.5. The molecule has 0 saturated carbocycles. The maximum absolute atomic E-state index is 13.5. The molecule has 0 aliphatic carbocycles. The highest BCUT2D eigenvalue weighted by Crippen LogP contribution is 2.29. The first-order chi connectivity index (χ1) is 9.88. The van der Waals surface area contributed by atoms with Gasteiger partial charge in [-0.25, -0.2) is 4.39 Å². The van der Waals surface area contributed by atoms with E-state index >= 15 is 0 Å². The van der Waals surface area contributed by atoms with E-state index < -0.39 is 11.7 Å². The van der Waals surface area contributed by atoms with Gasteiger partial charge < -0.3 is 11.1 Å². The van der Waals surface area contributed by atoms with E-state index in [0.717, 1.165) is 4.88 Å². The third kappa shape index (κ3) is 3.95. The molecule has 0 saturated heterocycles. The second-order valence-electron chi connectivity index (χ2n) is 4.56. The van der Waals surface area contributed by atoms with Crippen LogP contribution in [0, 0.1) is 5.82 Å². The first kappa shape index (κ1) is 16.2. The van der Waals surface area contributed by atoms with Gasteiger partial charge in [-0.1, -0.05) is 23.2 Å². The fourth-order valence-electron chi connectivity index (χ4n) is 1.84. The third-order valence-corrected chi connectivity index (χ3v) is 4.58. The number of nitrogens with one attached hydrogen (secondary N) is 1. The average Bonchev–Trinajstić information content (AvgIpc) is 2.89. The molecule has 0 fully saturated rings. The van der Waals surface area contributed by atoms with Crippen LogP contribution in [-0.4, -0.2) is 5.91 Å². The zero-order chi connectivity index (χ0) is 15.6. The van der Waals surface area contributed by atoms with Crippen LogP contribution in [0.5, 0.6) is 0 Å². The summed E-state index contributed by atoms with van der Waals surface area (Å²) in [5, 5.41) is 5.33. The van der Waals surface area contributed by atoms with Gasteiger partial charge in [0.05, 0.1) is 10.6 Å². The van der Waals surface area contributed by atoms with Crippen LogP contribution in [-0.2, 0) is 6.54 Å². The van der Waals surface area contributed by atoms with Gasteiger partial charge >= 0.3 is 0 Å². The number of amides is 1. The number of benzene rings is 1. The Morgan fingerprint density at radius 3 is 2.71 bits per heavy atom. The minimum Gasteiger partial charge on any atom is -0.366 e. The molecule has 1 aromatic carbocycles. The van der Waals surface area contributed by atoms with E-state index in [-0.39, 0.29) is 11.1 Å². The number of nitrogens with two attached hydrogens (primary N) is 1. The predicted octanol–water partition coefficient (Wildman–Crippen LogP) is 4.14. The van der Waals surface area contributed by atoms with Crippen molar-refractivity contribution in [3.8, 4) is 0 Å². The van der Waals surface area contributed by atoms with Gasteiger partial charge in [0.25, 0.3) is 0 Å². The van der Waals surface area contributed by atoms with Crippen molar-refractivity contribution in [1.29, 1.82) is 0 Å². The predicted molar refractivity (Wildman–Crippen MR) is 84.5 cm³/mol. The Morgan fingerprint density at radius 2 is 2.10 bits per heavy atom. The van der Waals surface area contributed by atoms with Gasteiger partial charge in [0.2, 0.25) is 5.91 Å². The Kier molecular flexibility index (Phi) is 5.22. The van der Waals surface area contributed by atoms with Crippen molar-refractivity contribution in [1.82, 2.24) is 5.32 Å². The summed E-state index contributed by atoms with van der Waals surface area (Å²) in [5.41, 5.74) is 6.32. The second kappa shape index (κ2) is 6.75. The van der Waals surface area contributed by atoms with E-state index in [2.05, 4.69) is 5.32 Å². The third-order valence-electron chi connectivity index (χ3n) is 3.03. The highest BCUT2D eigenvalue weighted by atomic mass is 35.5. The van der Waals surface area contributed by atoms with Crippen LogP contribution in [0.4, 0.5) is 4.39 Å². The SMILES string of the molecule is C[C@@H](NCc1cc(C(N)=O)cs1)c1cc(F)c(Cl)cc1Cl. The molecule has 7 heteroatoms. The van der Waals surface area contributed by atoms with Crippen LogP contribution in [0.25, 0.3) is 0 Å². The Bertz CT molecular complexity index is 675. The summed E-state index contributed by atoms with van der Waals surface area (Å²) >= 11 is 13.2. The van der Waals surface area contributed by atoms with E-state index in [1.165, 1.54) is 23.5 Å². The fraction of sp³-hybridized carbons (Fsp3) is 0.214. The largest absolute Gasteiger partial charge is 0.366 e. The number of hydrogen-bond donors (Lipinski definition) is 2. The molecule has 0 unspecified atom stereocenters. The van der Waals surface area contributed by atoms with E-state index in [9.17, 15) is 9.18 Å². The van der Waals surface area contributed by atoms with Gasteiger partial charge in [-0.3, -0.25) is 4.79 Å². The maximum Gasteiger partial charge on any atom is 0.249 e. The van der Waals surface area contributed by atoms with Crippen molar-refractivity contribution >= 4 is 40.4 Å². The average molecular weight is 347 g/mol. The number of carbonyl (C=O) groups excluding carboxylic acids is 1. The van der Waals surface area contributed by atoms with Gasteiger partial charge in [0.15, 0.2) is 0 Å². The molecule has 3 N–H and O–H groups in total. The van der Waals surface area contributed by atoms with Crippen LogP contribution < -0.4 is 11.1 Å². The van der Waals surface area contributed by atoms with E-state index in [4.69, 9.17) is 28.9 Å². The smallest absolute Gasteiger partial charge is 0.249 e. The quantitative estimate of drug-likeness (QED) is 0.799. The van der Waals surface area contributed by atoms with Crippen LogP contribution in [0.15, 0.2) is 23.6 Å². The van der Waals surface area contributed by atoms with Crippen LogP contribution in [0.2, 0.25) is 10.0 Å². The standard InChI is InChI=1S/C14H13Cl2FN2OS/c1-7(10-3-13(17)12(16)4-11(10)15)19-5-9-2-8(6-21-9)14(18)20/h2-4,6-7,19H,5H2,1H3,(H2,18,20)/t7-/m1/s1. The minimum absolute atomic E-state index is 0.000284. The molecule has 2 aromatic rings. The molecule has 1 atom stereocenters. The summed E-state index contributed by atoms with van der Waals surface area (Å²) in [6.45, 7) is 2.40. The number of carbonyl (C=O) groups is 1. The Labute approximate surface area is 135 Å². The summed E-state index contributed by atoms with van der Waals surface area (Å²) in [6, 6.07) is 4.29. The molecule has 1 aromatic heterocycles. The molecular formula is C14H13Cl2FN2OS. The molecule has 2 rings (SSSR count). The molecule has 0 aliphatic rings. The molecule has 1 amide bonds. The van der Waals surface area contributed by atoms with E-state index in [0.29, 0.717) is 22.7 Å². The first-order valence-electron chi connectivity index (χ1n) is 6.13. The number of hydrogen-bond acceptors (Lipinski definition) is 3. The molecule has 112 valence electrons. The summed E-state index contributed by atoms with van der Waals surface area (Å²) in [4.78, 5) is 12.0. The summed E-state index contributed by atoms with van der Waals surface area (Å²) < 4.78 is 13.5. The molecule has 1 heterocycles. The van der Waals surface area contributed by atoms with Crippen LogP contribution in [0.1, 0.15) is 33.8 Å². The molecule has 0 radical (unpaired) electrons. The number of thiophene rings is 1. The summed E-state index contributed by atoms with van der Waals surface area (Å²) in [7, 11) is 0. The lowest BCUT2D eigenvalue weighted by Crippen LogP contribution is -2.18. The van der Waals surface area contributed by atoms with Gasteiger partial charge in [0, 0.05) is 27.9 Å². The number of primary amides is 1. The van der Waals surface area contributed by atoms with E-state index in [1.807, 2.05) is 6.92 Å². The Hall–Kier alpha value is -1.14. The minimum atomic E-state index is -0.503. The van der Waals surface area contributed by atoms with Gasteiger partial charge in [0.1, 0.15) is 5.82 Å². The van der Waals surface area contributed by atoms with Gasteiger partial charge in [-0.15, -0.1) is 11.3 Å². The van der Waals surface area contributed by atoms with Crippen LogP contribution in [0.3, 0.4) is 0 Å². The molecule has 0 aliphatic heterocycles. The summed E-state index contributed by atoms with van der Waals surface area (Å²) in [6.07, 6.45) is 0. The molecule has 3 nitrogen and oxygen atoms in total. The molecule has 0 bridgehead atoms. The Balaban J connectivity index is 2.06. The molecular weight excluding hydrogens is 334 g/mol. The topological polar surface area (TPSA) is 55.1 Å². The van der Waals surface area contributed by atoms with Gasteiger partial charge in [-0.05, 0) is 30.7 Å². The second-order valence-corrected chi connectivity index (χ2v) is 6.37. The summed E-state index contributed by atoms with van der Waals surface area (Å²) in [5.74, 6) is -0.953. The van der Waals surface area contributed by atoms with Crippen molar-refractivity contribution in [2.75, 3.05) is 0 Å². The molecule has 21 heavy (non-hydrogen) atoms. The van der Waals surface area contributed by atoms with Crippen LogP contribution >= 0.6 is 34.5 Å². The Morgan fingerprint density at radius 1 is 1.38 bits per heavy atom. The molecule has 0 spiro atoms. The zero-order valence-electron chi connectivity index (χ0n) is 11.1. The van der Waals surface area contributed by atoms with Crippen molar-refractivity contribution < 1.29 is 9.18 Å². The van der Waals surface area contributed by atoms with Crippen molar-refractivity contribution in [2.45, 2.75) is 19.5 Å². The van der Waals surface area contributed by atoms with E-state index in [1.54, 1.807) is 11.4 Å². The van der Waals surface area contributed by atoms with Crippen molar-refractivity contribution in [2.24, 2.45) is 5.73 Å². The first-order valence-corrected chi connectivity index (χ1v) is 7.77. The lowest BCUT2D eigenvalue weighted by Gasteiger charge is -2.15. The number of halogens is 3. The zero-order valence-corrected chi connectivity index (χ0v) is 13.4. The van der Waals surface area contributed by atoms with Crippen molar-refractivity contribution in [3.05, 3.63) is 55.4 Å². The normalized spacial score (nSPS) is 12.4. The lowest BCUT2D eigenvalue weighted by molar-refractivity contribution is 0.100. The van der Waals surface area contributed by atoms with Gasteiger partial charge in [-0.2, -0.15) is 0 Å². The monoisotopic (exact) mass is 346 g/mol. The van der Waals surface area contributed by atoms with Crippen molar-refractivity contribution in [3.63, 3.8) is 0 Å². The highest BCUT2D eigenvalue weighted by Gasteiger charge is 2.14. The fourth-order valence-corrected chi connectivity index (χ4v) is 3.21. The number of rotatable bonds is 5. The highest BCUT2D eigenvalue weighted by molar-refractivity contribution is 7.10.